The van der Waals surface area contributed by atoms with Gasteiger partial charge in [-0.05, 0) is 19.1 Å². The van der Waals surface area contributed by atoms with Gasteiger partial charge in [-0.15, -0.1) is 0 Å². The van der Waals surface area contributed by atoms with Gasteiger partial charge in [0.05, 0.1) is 0 Å². The summed E-state index contributed by atoms with van der Waals surface area (Å²) in [5, 5.41) is 0. The summed E-state index contributed by atoms with van der Waals surface area (Å²) in [5.41, 5.74) is 1.29. The van der Waals surface area contributed by atoms with Crippen molar-refractivity contribution in [2.75, 3.05) is 0 Å². The Morgan fingerprint density at radius 2 is 2.00 bits per heavy atom. The standard InChI is InChI=1S/C7H7Br.Mg.2H/c1-6-3-2-4-7(8)5-6;;;/h2-5H,1H3;;;. The van der Waals surface area contributed by atoms with Gasteiger partial charge < -0.3 is 0 Å². The number of halogens is 1. The Morgan fingerprint density at radius 1 is 1.33 bits per heavy atom. The van der Waals surface area contributed by atoms with Crippen molar-refractivity contribution in [1.29, 1.82) is 0 Å². The van der Waals surface area contributed by atoms with E-state index < -0.39 is 0 Å². The van der Waals surface area contributed by atoms with Gasteiger partial charge in [0.1, 0.15) is 0 Å². The predicted molar refractivity (Wildman–Crippen MR) is 47.4 cm³/mol. The fourth-order valence-corrected chi connectivity index (χ4v) is 1.12. The smallest absolute Gasteiger partial charge is 0.0609 e. The summed E-state index contributed by atoms with van der Waals surface area (Å²) in [6.07, 6.45) is 0. The first-order valence-corrected chi connectivity index (χ1v) is 3.30. The normalized spacial score (nSPS) is 8.22. The Kier molecular flexibility index (Phi) is 4.53. The summed E-state index contributed by atoms with van der Waals surface area (Å²) in [6, 6.07) is 8.21. The second kappa shape index (κ2) is 4.31. The van der Waals surface area contributed by atoms with Crippen LogP contribution in [-0.2, 0) is 0 Å². The fraction of sp³-hybridized carbons (Fsp3) is 0.143. The number of hydrogen-bond donors (Lipinski definition) is 0. The number of hydrogen-bond acceptors (Lipinski definition) is 0. The summed E-state index contributed by atoms with van der Waals surface area (Å²) in [5.74, 6) is 0. The molecule has 0 aromatic heterocycles. The van der Waals surface area contributed by atoms with Crippen molar-refractivity contribution in [2.24, 2.45) is 0 Å². The van der Waals surface area contributed by atoms with Gasteiger partial charge in [-0.25, -0.2) is 0 Å². The maximum absolute atomic E-state index is 3.36. The van der Waals surface area contributed by atoms with Crippen LogP contribution >= 0.6 is 15.9 Å². The lowest BCUT2D eigenvalue weighted by molar-refractivity contribution is 1.45. The summed E-state index contributed by atoms with van der Waals surface area (Å²) >= 11 is 3.36. The molecule has 0 amide bonds. The molecule has 1 rings (SSSR count). The van der Waals surface area contributed by atoms with Crippen LogP contribution in [0.5, 0.6) is 0 Å². The van der Waals surface area contributed by atoms with Gasteiger partial charge in [0.25, 0.3) is 0 Å². The molecule has 0 fully saturated rings. The average Bonchev–Trinajstić information content (AvgIpc) is 1.64. The molecule has 0 saturated heterocycles. The van der Waals surface area contributed by atoms with Gasteiger partial charge >= 0.3 is 23.1 Å². The highest BCUT2D eigenvalue weighted by atomic mass is 79.9. The molecule has 0 radical (unpaired) electrons. The van der Waals surface area contributed by atoms with E-state index in [4.69, 9.17) is 0 Å². The molecule has 2 heteroatoms. The second-order valence-electron chi connectivity index (χ2n) is 1.80. The van der Waals surface area contributed by atoms with Crippen LogP contribution in [0, 0.1) is 6.92 Å². The summed E-state index contributed by atoms with van der Waals surface area (Å²) < 4.78 is 1.15. The summed E-state index contributed by atoms with van der Waals surface area (Å²) in [7, 11) is 0. The van der Waals surface area contributed by atoms with Gasteiger partial charge in [-0.3, -0.25) is 0 Å². The predicted octanol–water partition coefficient (Wildman–Crippen LogP) is 1.84. The van der Waals surface area contributed by atoms with Crippen LogP contribution in [0.25, 0.3) is 0 Å². The van der Waals surface area contributed by atoms with Gasteiger partial charge in [0.15, 0.2) is 0 Å². The molecule has 0 aliphatic carbocycles. The minimum Gasteiger partial charge on any atom is -0.0609 e. The molecular formula is C7H9BrMg. The van der Waals surface area contributed by atoms with Crippen LogP contribution < -0.4 is 0 Å². The van der Waals surface area contributed by atoms with Crippen molar-refractivity contribution < 1.29 is 0 Å². The zero-order chi connectivity index (χ0) is 5.98. The third-order valence-electron chi connectivity index (χ3n) is 0.980. The van der Waals surface area contributed by atoms with Gasteiger partial charge in [-0.2, -0.15) is 0 Å². The topological polar surface area (TPSA) is 0 Å². The van der Waals surface area contributed by atoms with Gasteiger partial charge in [0.2, 0.25) is 0 Å². The average molecular weight is 197 g/mol. The van der Waals surface area contributed by atoms with E-state index in [9.17, 15) is 0 Å². The number of aryl methyl sites for hydroxylation is 1. The lowest BCUT2D eigenvalue weighted by Gasteiger charge is -1.89. The Hall–Kier alpha value is 0.466. The number of benzene rings is 1. The zero-order valence-corrected chi connectivity index (χ0v) is 6.27. The molecule has 0 atom stereocenters. The molecule has 0 saturated carbocycles. The maximum atomic E-state index is 3.36. The van der Waals surface area contributed by atoms with E-state index in [2.05, 4.69) is 35.0 Å². The SMILES string of the molecule is Cc1cccc(Br)c1.[MgH2]. The first-order valence-electron chi connectivity index (χ1n) is 2.51. The van der Waals surface area contributed by atoms with Crippen molar-refractivity contribution in [3.05, 3.63) is 34.3 Å². The molecule has 1 aromatic carbocycles. The van der Waals surface area contributed by atoms with Crippen LogP contribution in [0.2, 0.25) is 0 Å². The van der Waals surface area contributed by atoms with E-state index in [1.165, 1.54) is 5.56 Å². The molecule has 0 spiro atoms. The monoisotopic (exact) mass is 196 g/mol. The van der Waals surface area contributed by atoms with Crippen molar-refractivity contribution in [2.45, 2.75) is 6.92 Å². The lowest BCUT2D eigenvalue weighted by atomic mass is 10.2. The minimum atomic E-state index is 0. The Labute approximate surface area is 79.9 Å². The molecule has 0 aliphatic heterocycles. The Bertz CT molecular complexity index is 169. The third-order valence-corrected chi connectivity index (χ3v) is 1.47. The van der Waals surface area contributed by atoms with E-state index >= 15 is 0 Å². The van der Waals surface area contributed by atoms with Crippen molar-refractivity contribution in [3.63, 3.8) is 0 Å². The quantitative estimate of drug-likeness (QED) is 0.557. The zero-order valence-electron chi connectivity index (χ0n) is 4.69. The van der Waals surface area contributed by atoms with Gasteiger partial charge in [0, 0.05) is 4.47 Å². The van der Waals surface area contributed by atoms with Crippen molar-refractivity contribution in [1.82, 2.24) is 0 Å². The molecule has 46 valence electrons. The van der Waals surface area contributed by atoms with E-state index in [1.807, 2.05) is 12.1 Å². The molecule has 0 heterocycles. The summed E-state index contributed by atoms with van der Waals surface area (Å²) in [4.78, 5) is 0. The lowest BCUT2D eigenvalue weighted by Crippen LogP contribution is -1.67. The molecule has 0 nitrogen and oxygen atoms in total. The highest BCUT2D eigenvalue weighted by molar-refractivity contribution is 9.10. The third kappa shape index (κ3) is 3.23. The second-order valence-corrected chi connectivity index (χ2v) is 2.71. The van der Waals surface area contributed by atoms with E-state index in [0.717, 1.165) is 4.47 Å². The van der Waals surface area contributed by atoms with Crippen LogP contribution in [0.4, 0.5) is 0 Å². The Morgan fingerprint density at radius 3 is 2.33 bits per heavy atom. The molecule has 0 bridgehead atoms. The summed E-state index contributed by atoms with van der Waals surface area (Å²) in [6.45, 7) is 2.07. The highest BCUT2D eigenvalue weighted by Gasteiger charge is 1.82. The van der Waals surface area contributed by atoms with E-state index in [1.54, 1.807) is 0 Å². The van der Waals surface area contributed by atoms with E-state index in [-0.39, 0.29) is 23.1 Å². The van der Waals surface area contributed by atoms with Crippen LogP contribution in [0.3, 0.4) is 0 Å². The Balaban J connectivity index is 0.000000640. The molecule has 0 N–H and O–H groups in total. The first-order chi connectivity index (χ1) is 3.79. The van der Waals surface area contributed by atoms with Crippen molar-refractivity contribution >= 4 is 39.0 Å². The van der Waals surface area contributed by atoms with E-state index in [0.29, 0.717) is 0 Å². The molecule has 1 aromatic rings. The number of rotatable bonds is 0. The fourth-order valence-electron chi connectivity index (χ4n) is 0.606. The van der Waals surface area contributed by atoms with Crippen LogP contribution in [0.15, 0.2) is 28.7 Å². The van der Waals surface area contributed by atoms with Crippen LogP contribution in [0.1, 0.15) is 5.56 Å². The van der Waals surface area contributed by atoms with Crippen LogP contribution in [-0.4, -0.2) is 23.1 Å². The molecule has 0 aliphatic rings. The molecule has 9 heavy (non-hydrogen) atoms. The molecular weight excluding hydrogens is 188 g/mol. The molecule has 0 unspecified atom stereocenters. The largest absolute Gasteiger partial charge is 0.316 e. The highest BCUT2D eigenvalue weighted by Crippen LogP contribution is 2.09. The minimum absolute atomic E-state index is 0. The van der Waals surface area contributed by atoms with Gasteiger partial charge in [-0.1, -0.05) is 33.6 Å². The first kappa shape index (κ1) is 9.47. The maximum Gasteiger partial charge on any atom is 0.316 e. The van der Waals surface area contributed by atoms with Crippen molar-refractivity contribution in [3.8, 4) is 0 Å².